The summed E-state index contributed by atoms with van der Waals surface area (Å²) in [6, 6.07) is 2.02. The summed E-state index contributed by atoms with van der Waals surface area (Å²) in [6.45, 7) is 6.07. The Kier molecular flexibility index (Phi) is 2.98. The molecule has 1 aromatic heterocycles. The molecule has 1 saturated heterocycles. The van der Waals surface area contributed by atoms with Crippen LogP contribution in [0.4, 0.5) is 5.82 Å². The van der Waals surface area contributed by atoms with Crippen LogP contribution in [0.1, 0.15) is 5.69 Å². The van der Waals surface area contributed by atoms with Crippen LogP contribution in [-0.4, -0.2) is 36.1 Å². The fourth-order valence-corrected chi connectivity index (χ4v) is 2.03. The second kappa shape index (κ2) is 4.23. The van der Waals surface area contributed by atoms with Crippen LogP contribution in [0.2, 0.25) is 0 Å². The van der Waals surface area contributed by atoms with E-state index in [2.05, 4.69) is 36.1 Å². The van der Waals surface area contributed by atoms with Gasteiger partial charge in [-0.2, -0.15) is 0 Å². The minimum absolute atomic E-state index is 0.672. The number of hydrogen-bond donors (Lipinski definition) is 1. The molecule has 0 bridgehead atoms. The van der Waals surface area contributed by atoms with Gasteiger partial charge in [-0.05, 0) is 22.9 Å². The molecule has 1 aliphatic heterocycles. The second-order valence-electron chi connectivity index (χ2n) is 3.37. The maximum absolute atomic E-state index is 4.36. The first-order valence-electron chi connectivity index (χ1n) is 4.72. The van der Waals surface area contributed by atoms with Gasteiger partial charge >= 0.3 is 0 Å². The first kappa shape index (κ1) is 9.86. The van der Waals surface area contributed by atoms with Gasteiger partial charge in [-0.15, -0.1) is 0 Å². The van der Waals surface area contributed by atoms with Crippen molar-refractivity contribution >= 4 is 21.7 Å². The molecule has 0 amide bonds. The Balaban J connectivity index is 2.21. The highest BCUT2D eigenvalue weighted by Crippen LogP contribution is 2.15. The Labute approximate surface area is 91.9 Å². The summed E-state index contributed by atoms with van der Waals surface area (Å²) in [5.41, 5.74) is 1.00. The summed E-state index contributed by atoms with van der Waals surface area (Å²) < 4.78 is 0.672. The minimum Gasteiger partial charge on any atom is -0.354 e. The molecule has 1 aromatic rings. The highest BCUT2D eigenvalue weighted by molar-refractivity contribution is 9.10. The lowest BCUT2D eigenvalue weighted by Gasteiger charge is -2.28. The first-order valence-corrected chi connectivity index (χ1v) is 5.52. The smallest absolute Gasteiger partial charge is 0.198 e. The van der Waals surface area contributed by atoms with Gasteiger partial charge in [0.05, 0.1) is 0 Å². The number of nitrogens with one attached hydrogen (secondary N) is 1. The lowest BCUT2D eigenvalue weighted by molar-refractivity contribution is 0.584. The van der Waals surface area contributed by atoms with Crippen LogP contribution in [0.5, 0.6) is 0 Å². The van der Waals surface area contributed by atoms with Crippen LogP contribution in [0.3, 0.4) is 0 Å². The molecule has 0 radical (unpaired) electrons. The molecule has 2 rings (SSSR count). The quantitative estimate of drug-likeness (QED) is 0.761. The summed E-state index contributed by atoms with van der Waals surface area (Å²) in [6.07, 6.45) is 0. The molecule has 0 aliphatic carbocycles. The maximum atomic E-state index is 4.36. The first-order chi connectivity index (χ1) is 6.75. The summed E-state index contributed by atoms with van der Waals surface area (Å²) in [7, 11) is 0. The average Bonchev–Trinajstić information content (AvgIpc) is 2.18. The van der Waals surface area contributed by atoms with Gasteiger partial charge < -0.3 is 10.2 Å². The van der Waals surface area contributed by atoms with Crippen molar-refractivity contribution in [3.8, 4) is 0 Å². The predicted octanol–water partition coefficient (Wildman–Crippen LogP) is 0.957. The number of nitrogens with zero attached hydrogens (tertiary/aromatic N) is 3. The Hall–Kier alpha value is -0.680. The van der Waals surface area contributed by atoms with Gasteiger partial charge in [0, 0.05) is 37.9 Å². The zero-order valence-electron chi connectivity index (χ0n) is 8.13. The molecule has 1 aliphatic rings. The monoisotopic (exact) mass is 256 g/mol. The molecule has 4 nitrogen and oxygen atoms in total. The highest BCUT2D eigenvalue weighted by atomic mass is 79.9. The second-order valence-corrected chi connectivity index (χ2v) is 4.08. The van der Waals surface area contributed by atoms with Crippen molar-refractivity contribution in [3.05, 3.63) is 16.5 Å². The van der Waals surface area contributed by atoms with Gasteiger partial charge in [0.15, 0.2) is 4.73 Å². The van der Waals surface area contributed by atoms with Crippen molar-refractivity contribution in [1.82, 2.24) is 15.3 Å². The number of aryl methyl sites for hydroxylation is 1. The maximum Gasteiger partial charge on any atom is 0.198 e. The van der Waals surface area contributed by atoms with Gasteiger partial charge in [0.2, 0.25) is 0 Å². The number of anilines is 1. The standard InChI is InChI=1S/C9H13BrN4/c1-7-6-8(13-9(10)12-7)14-4-2-11-3-5-14/h6,11H,2-5H2,1H3. The molecule has 2 heterocycles. The van der Waals surface area contributed by atoms with Crippen LogP contribution in [-0.2, 0) is 0 Å². The van der Waals surface area contributed by atoms with E-state index in [4.69, 9.17) is 0 Å². The van der Waals surface area contributed by atoms with Crippen molar-refractivity contribution in [2.24, 2.45) is 0 Å². The van der Waals surface area contributed by atoms with Crippen molar-refractivity contribution in [3.63, 3.8) is 0 Å². The largest absolute Gasteiger partial charge is 0.354 e. The van der Waals surface area contributed by atoms with E-state index in [9.17, 15) is 0 Å². The molecular formula is C9H13BrN4. The zero-order valence-corrected chi connectivity index (χ0v) is 9.71. The minimum atomic E-state index is 0.672. The number of aromatic nitrogens is 2. The number of halogens is 1. The van der Waals surface area contributed by atoms with Gasteiger partial charge in [-0.1, -0.05) is 0 Å². The Morgan fingerprint density at radius 1 is 1.36 bits per heavy atom. The van der Waals surface area contributed by atoms with Crippen molar-refractivity contribution in [2.75, 3.05) is 31.1 Å². The van der Waals surface area contributed by atoms with Crippen LogP contribution in [0, 0.1) is 6.92 Å². The van der Waals surface area contributed by atoms with Gasteiger partial charge in [-0.25, -0.2) is 9.97 Å². The number of hydrogen-bond acceptors (Lipinski definition) is 4. The van der Waals surface area contributed by atoms with Gasteiger partial charge in [0.1, 0.15) is 5.82 Å². The van der Waals surface area contributed by atoms with Crippen molar-refractivity contribution < 1.29 is 0 Å². The normalized spacial score (nSPS) is 17.1. The third kappa shape index (κ3) is 2.22. The van der Waals surface area contributed by atoms with Crippen molar-refractivity contribution in [1.29, 1.82) is 0 Å². The topological polar surface area (TPSA) is 41.0 Å². The van der Waals surface area contributed by atoms with Gasteiger partial charge in [0.25, 0.3) is 0 Å². The molecule has 0 atom stereocenters. The zero-order chi connectivity index (χ0) is 9.97. The molecule has 76 valence electrons. The lowest BCUT2D eigenvalue weighted by atomic mass is 10.3. The molecule has 0 saturated carbocycles. The highest BCUT2D eigenvalue weighted by Gasteiger charge is 2.12. The molecule has 1 fully saturated rings. The van der Waals surface area contributed by atoms with E-state index in [0.717, 1.165) is 37.7 Å². The Morgan fingerprint density at radius 2 is 2.07 bits per heavy atom. The molecule has 5 heteroatoms. The van der Waals surface area contributed by atoms with Crippen LogP contribution in [0.15, 0.2) is 10.8 Å². The van der Waals surface area contributed by atoms with Crippen LogP contribution < -0.4 is 10.2 Å². The predicted molar refractivity (Wildman–Crippen MR) is 59.6 cm³/mol. The molecule has 0 aromatic carbocycles. The summed E-state index contributed by atoms with van der Waals surface area (Å²) in [4.78, 5) is 10.8. The Morgan fingerprint density at radius 3 is 2.71 bits per heavy atom. The summed E-state index contributed by atoms with van der Waals surface area (Å²) >= 11 is 3.32. The number of piperazine rings is 1. The fourth-order valence-electron chi connectivity index (χ4n) is 1.57. The summed E-state index contributed by atoms with van der Waals surface area (Å²) in [5.74, 6) is 1.02. The average molecular weight is 257 g/mol. The van der Waals surface area contributed by atoms with E-state index < -0.39 is 0 Å². The van der Waals surface area contributed by atoms with E-state index in [1.54, 1.807) is 0 Å². The van der Waals surface area contributed by atoms with E-state index in [-0.39, 0.29) is 0 Å². The molecule has 1 N–H and O–H groups in total. The molecule has 14 heavy (non-hydrogen) atoms. The third-order valence-corrected chi connectivity index (χ3v) is 2.61. The van der Waals surface area contributed by atoms with Gasteiger partial charge in [-0.3, -0.25) is 0 Å². The lowest BCUT2D eigenvalue weighted by Crippen LogP contribution is -2.44. The van der Waals surface area contributed by atoms with E-state index >= 15 is 0 Å². The van der Waals surface area contributed by atoms with Crippen molar-refractivity contribution in [2.45, 2.75) is 6.92 Å². The summed E-state index contributed by atoms with van der Waals surface area (Å²) in [5, 5.41) is 3.32. The molecular weight excluding hydrogens is 244 g/mol. The van der Waals surface area contributed by atoms with Crippen LogP contribution in [0.25, 0.3) is 0 Å². The van der Waals surface area contributed by atoms with Crippen LogP contribution >= 0.6 is 15.9 Å². The number of rotatable bonds is 1. The molecule has 0 unspecified atom stereocenters. The Bertz CT molecular complexity index is 302. The molecule has 0 spiro atoms. The SMILES string of the molecule is Cc1cc(N2CCNCC2)nc(Br)n1. The van der Waals surface area contributed by atoms with E-state index in [1.165, 1.54) is 0 Å². The van der Waals surface area contributed by atoms with E-state index in [0.29, 0.717) is 4.73 Å². The van der Waals surface area contributed by atoms with E-state index in [1.807, 2.05) is 13.0 Å². The fraction of sp³-hybridized carbons (Fsp3) is 0.556. The third-order valence-electron chi connectivity index (χ3n) is 2.25.